The van der Waals surface area contributed by atoms with Crippen LogP contribution in [0.1, 0.15) is 25.7 Å². The number of carboxylic acids is 1. The van der Waals surface area contributed by atoms with Crippen molar-refractivity contribution in [3.05, 3.63) is 0 Å². The van der Waals surface area contributed by atoms with Crippen LogP contribution < -0.4 is 5.32 Å². The fraction of sp³-hybridized carbons (Fsp3) is 0.923. The minimum Gasteiger partial charge on any atom is -0.481 e. The summed E-state index contributed by atoms with van der Waals surface area (Å²) in [4.78, 5) is 11.3. The molecule has 0 aliphatic heterocycles. The predicted molar refractivity (Wildman–Crippen MR) is 65.2 cm³/mol. The molecule has 0 heterocycles. The summed E-state index contributed by atoms with van der Waals surface area (Å²) in [7, 11) is 0. The first-order chi connectivity index (χ1) is 9.38. The molecule has 0 radical (unpaired) electrons. The standard InChI is InChI=1S/C13H20F3NO3/c14-13(15,16)7-20-5-1-4-17-11-9-3-2-8(6-9)10(11)12(18)19/h8-11,17H,1-7H2,(H,18,19). The van der Waals surface area contributed by atoms with Gasteiger partial charge in [-0.2, -0.15) is 13.2 Å². The van der Waals surface area contributed by atoms with Crippen molar-refractivity contribution < 1.29 is 27.8 Å². The van der Waals surface area contributed by atoms with Crippen molar-refractivity contribution in [2.24, 2.45) is 17.8 Å². The molecule has 2 aliphatic carbocycles. The Balaban J connectivity index is 1.65. The number of nitrogens with one attached hydrogen (secondary N) is 1. The van der Waals surface area contributed by atoms with Crippen LogP contribution in [0.4, 0.5) is 13.2 Å². The maximum absolute atomic E-state index is 11.8. The number of rotatable bonds is 7. The Morgan fingerprint density at radius 3 is 2.65 bits per heavy atom. The summed E-state index contributed by atoms with van der Waals surface area (Å²) in [6.45, 7) is -0.695. The molecule has 0 aromatic carbocycles. The number of fused-ring (bicyclic) bond motifs is 2. The van der Waals surface area contributed by atoms with E-state index < -0.39 is 18.8 Å². The number of hydrogen-bond donors (Lipinski definition) is 2. The zero-order valence-corrected chi connectivity index (χ0v) is 11.2. The zero-order valence-electron chi connectivity index (χ0n) is 11.2. The molecule has 0 saturated heterocycles. The number of hydrogen-bond acceptors (Lipinski definition) is 3. The minimum atomic E-state index is -4.29. The lowest BCUT2D eigenvalue weighted by Gasteiger charge is -2.29. The molecule has 7 heteroatoms. The molecule has 0 spiro atoms. The first-order valence-corrected chi connectivity index (χ1v) is 6.99. The summed E-state index contributed by atoms with van der Waals surface area (Å²) in [5, 5.41) is 12.4. The highest BCUT2D eigenvalue weighted by atomic mass is 19.4. The average molecular weight is 295 g/mol. The van der Waals surface area contributed by atoms with Gasteiger partial charge in [0.2, 0.25) is 0 Å². The van der Waals surface area contributed by atoms with Crippen molar-refractivity contribution in [2.75, 3.05) is 19.8 Å². The zero-order chi connectivity index (χ0) is 14.8. The topological polar surface area (TPSA) is 58.6 Å². The number of halogens is 3. The Hall–Kier alpha value is -0.820. The predicted octanol–water partition coefficient (Wildman–Crippen LogP) is 2.04. The highest BCUT2D eigenvalue weighted by Gasteiger charge is 2.50. The molecule has 4 unspecified atom stereocenters. The third-order valence-electron chi connectivity index (χ3n) is 4.31. The molecule has 4 nitrogen and oxygen atoms in total. The van der Waals surface area contributed by atoms with Crippen LogP contribution >= 0.6 is 0 Å². The lowest BCUT2D eigenvalue weighted by molar-refractivity contribution is -0.174. The van der Waals surface area contributed by atoms with Crippen molar-refractivity contribution >= 4 is 5.97 Å². The van der Waals surface area contributed by atoms with E-state index in [-0.39, 0.29) is 24.5 Å². The van der Waals surface area contributed by atoms with Gasteiger partial charge < -0.3 is 15.2 Å². The molecule has 20 heavy (non-hydrogen) atoms. The molecule has 2 aliphatic rings. The Bertz CT molecular complexity index is 348. The lowest BCUT2D eigenvalue weighted by atomic mass is 9.84. The Labute approximate surface area is 115 Å². The van der Waals surface area contributed by atoms with Crippen LogP contribution in [0, 0.1) is 17.8 Å². The summed E-state index contributed by atoms with van der Waals surface area (Å²) in [6, 6.07) is -0.0335. The third kappa shape index (κ3) is 3.85. The second kappa shape index (κ2) is 6.30. The molecule has 116 valence electrons. The van der Waals surface area contributed by atoms with E-state index in [9.17, 15) is 23.1 Å². The van der Waals surface area contributed by atoms with Gasteiger partial charge in [0.15, 0.2) is 0 Å². The van der Waals surface area contributed by atoms with Crippen LogP contribution in [0.2, 0.25) is 0 Å². The van der Waals surface area contributed by atoms with Gasteiger partial charge in [0.25, 0.3) is 0 Å². The average Bonchev–Trinajstić information content (AvgIpc) is 2.92. The van der Waals surface area contributed by atoms with Crippen LogP contribution in [0.3, 0.4) is 0 Å². The van der Waals surface area contributed by atoms with Crippen LogP contribution in [-0.2, 0) is 9.53 Å². The third-order valence-corrected chi connectivity index (χ3v) is 4.31. The summed E-state index contributed by atoms with van der Waals surface area (Å²) in [6.07, 6.45) is -0.840. The van der Waals surface area contributed by atoms with E-state index in [0.29, 0.717) is 18.9 Å². The minimum absolute atomic E-state index is 0.0328. The van der Waals surface area contributed by atoms with E-state index in [1.165, 1.54) is 0 Å². The van der Waals surface area contributed by atoms with E-state index in [2.05, 4.69) is 10.1 Å². The van der Waals surface area contributed by atoms with Crippen molar-refractivity contribution in [1.29, 1.82) is 0 Å². The van der Waals surface area contributed by atoms with Gasteiger partial charge in [0.05, 0.1) is 5.92 Å². The second-order valence-corrected chi connectivity index (χ2v) is 5.70. The van der Waals surface area contributed by atoms with Gasteiger partial charge in [-0.25, -0.2) is 0 Å². The second-order valence-electron chi connectivity index (χ2n) is 5.70. The molecular formula is C13H20F3NO3. The maximum Gasteiger partial charge on any atom is 0.411 e. The monoisotopic (exact) mass is 295 g/mol. The van der Waals surface area contributed by atoms with Crippen LogP contribution in [0.15, 0.2) is 0 Å². The molecule has 0 aromatic heterocycles. The lowest BCUT2D eigenvalue weighted by Crippen LogP contribution is -2.44. The molecule has 2 fully saturated rings. The number of carboxylic acid groups (broad SMARTS) is 1. The van der Waals surface area contributed by atoms with Crippen molar-refractivity contribution in [3.8, 4) is 0 Å². The summed E-state index contributed by atoms with van der Waals surface area (Å²) in [5.41, 5.74) is 0. The number of ether oxygens (including phenoxy) is 1. The summed E-state index contributed by atoms with van der Waals surface area (Å²) in [5.74, 6) is -0.443. The molecule has 2 saturated carbocycles. The molecular weight excluding hydrogens is 275 g/mol. The highest BCUT2D eigenvalue weighted by molar-refractivity contribution is 5.72. The largest absolute Gasteiger partial charge is 0.481 e. The van der Waals surface area contributed by atoms with E-state index >= 15 is 0 Å². The van der Waals surface area contributed by atoms with Crippen LogP contribution in [0.5, 0.6) is 0 Å². The fourth-order valence-electron chi connectivity index (χ4n) is 3.57. The normalized spacial score (nSPS) is 32.8. The molecule has 4 atom stereocenters. The Morgan fingerprint density at radius 1 is 1.30 bits per heavy atom. The van der Waals surface area contributed by atoms with Crippen LogP contribution in [-0.4, -0.2) is 43.1 Å². The van der Waals surface area contributed by atoms with Gasteiger partial charge in [0, 0.05) is 12.6 Å². The smallest absolute Gasteiger partial charge is 0.411 e. The molecule has 2 rings (SSSR count). The van der Waals surface area contributed by atoms with E-state index in [0.717, 1.165) is 19.3 Å². The first-order valence-electron chi connectivity index (χ1n) is 6.99. The van der Waals surface area contributed by atoms with Gasteiger partial charge in [-0.1, -0.05) is 0 Å². The van der Waals surface area contributed by atoms with E-state index in [1.807, 2.05) is 0 Å². The van der Waals surface area contributed by atoms with Crippen molar-refractivity contribution in [3.63, 3.8) is 0 Å². The molecule has 2 N–H and O–H groups in total. The number of carbonyl (C=O) groups is 1. The van der Waals surface area contributed by atoms with E-state index in [4.69, 9.17) is 0 Å². The van der Waals surface area contributed by atoms with Gasteiger partial charge in [-0.05, 0) is 44.1 Å². The fourth-order valence-corrected chi connectivity index (χ4v) is 3.57. The number of aliphatic carboxylic acids is 1. The molecule has 0 aromatic rings. The maximum atomic E-state index is 11.8. The first kappa shape index (κ1) is 15.6. The molecule has 0 amide bonds. The molecule has 2 bridgehead atoms. The van der Waals surface area contributed by atoms with Crippen LogP contribution in [0.25, 0.3) is 0 Å². The SMILES string of the molecule is O=C(O)C1C2CCC(C2)C1NCCCOCC(F)(F)F. The van der Waals surface area contributed by atoms with Gasteiger partial charge in [-0.15, -0.1) is 0 Å². The Morgan fingerprint density at radius 2 is 2.00 bits per heavy atom. The van der Waals surface area contributed by atoms with Gasteiger partial charge in [-0.3, -0.25) is 4.79 Å². The van der Waals surface area contributed by atoms with E-state index in [1.54, 1.807) is 0 Å². The summed E-state index contributed by atoms with van der Waals surface area (Å²) >= 11 is 0. The van der Waals surface area contributed by atoms with Crippen molar-refractivity contribution in [2.45, 2.75) is 37.9 Å². The Kier molecular flexibility index (Phi) is 4.90. The van der Waals surface area contributed by atoms with Gasteiger partial charge >= 0.3 is 12.1 Å². The quantitative estimate of drug-likeness (QED) is 0.706. The number of alkyl halides is 3. The highest BCUT2D eigenvalue weighted by Crippen LogP contribution is 2.48. The van der Waals surface area contributed by atoms with Gasteiger partial charge in [0.1, 0.15) is 6.61 Å². The van der Waals surface area contributed by atoms with Crippen molar-refractivity contribution in [1.82, 2.24) is 5.32 Å². The summed E-state index contributed by atoms with van der Waals surface area (Å²) < 4.78 is 40.1.